The van der Waals surface area contributed by atoms with Crippen LogP contribution in [0.4, 0.5) is 0 Å². The Kier molecular flexibility index (Phi) is 4.90. The van der Waals surface area contributed by atoms with Gasteiger partial charge in [0.05, 0.1) is 0 Å². The summed E-state index contributed by atoms with van der Waals surface area (Å²) in [7, 11) is 0. The summed E-state index contributed by atoms with van der Waals surface area (Å²) in [6, 6.07) is 9.24. The minimum atomic E-state index is -0.157. The fraction of sp³-hybridized carbons (Fsp3) is 0.333. The van der Waals surface area contributed by atoms with Gasteiger partial charge in [0.2, 0.25) is 0 Å². The van der Waals surface area contributed by atoms with Crippen molar-refractivity contribution in [1.29, 1.82) is 0 Å². The first-order valence-corrected chi connectivity index (χ1v) is 6.66. The topological polar surface area (TPSA) is 81.0 Å². The van der Waals surface area contributed by atoms with E-state index in [1.807, 2.05) is 31.2 Å². The number of aromatic amines is 1. The molecule has 0 aliphatic carbocycles. The van der Waals surface area contributed by atoms with E-state index in [0.29, 0.717) is 18.8 Å². The molecular weight excluding hydrogens is 254 g/mol. The highest BCUT2D eigenvalue weighted by molar-refractivity contribution is 5.31. The molecular formula is C15H19N3O2. The Morgan fingerprint density at radius 3 is 2.90 bits per heavy atom. The third kappa shape index (κ3) is 3.93. The number of benzene rings is 1. The summed E-state index contributed by atoms with van der Waals surface area (Å²) < 4.78 is 5.68. The van der Waals surface area contributed by atoms with Crippen LogP contribution in [0.1, 0.15) is 23.5 Å². The van der Waals surface area contributed by atoms with Crippen LogP contribution >= 0.6 is 0 Å². The van der Waals surface area contributed by atoms with Crippen molar-refractivity contribution in [2.75, 3.05) is 6.54 Å². The normalized spacial score (nSPS) is 10.5. The van der Waals surface area contributed by atoms with E-state index >= 15 is 0 Å². The average molecular weight is 273 g/mol. The molecule has 0 atom stereocenters. The minimum Gasteiger partial charge on any atom is -0.485 e. The number of rotatable bonds is 6. The molecule has 0 unspecified atom stereocenters. The summed E-state index contributed by atoms with van der Waals surface area (Å²) in [4.78, 5) is 18.6. The lowest BCUT2D eigenvalue weighted by molar-refractivity contribution is 0.293. The first-order valence-electron chi connectivity index (χ1n) is 6.66. The van der Waals surface area contributed by atoms with Gasteiger partial charge in [-0.05, 0) is 37.9 Å². The fourth-order valence-corrected chi connectivity index (χ4v) is 1.91. The molecule has 0 spiro atoms. The second-order valence-electron chi connectivity index (χ2n) is 4.63. The molecule has 1 heterocycles. The second kappa shape index (κ2) is 6.86. The smallest absolute Gasteiger partial charge is 0.251 e. The van der Waals surface area contributed by atoms with Gasteiger partial charge in [-0.1, -0.05) is 18.2 Å². The number of aryl methyl sites for hydroxylation is 2. The van der Waals surface area contributed by atoms with E-state index in [1.54, 1.807) is 0 Å². The third-order valence-electron chi connectivity index (χ3n) is 2.94. The number of nitrogens with two attached hydrogens (primary N) is 1. The molecule has 0 saturated heterocycles. The Labute approximate surface area is 117 Å². The van der Waals surface area contributed by atoms with E-state index in [0.717, 1.165) is 23.4 Å². The van der Waals surface area contributed by atoms with Crippen molar-refractivity contribution in [1.82, 2.24) is 9.97 Å². The summed E-state index contributed by atoms with van der Waals surface area (Å²) in [5.41, 5.74) is 7.11. The Morgan fingerprint density at radius 2 is 2.15 bits per heavy atom. The highest BCUT2D eigenvalue weighted by atomic mass is 16.5. The quantitative estimate of drug-likeness (QED) is 0.836. The van der Waals surface area contributed by atoms with Gasteiger partial charge in [0, 0.05) is 11.8 Å². The SMILES string of the molecule is Cc1ccccc1OCc1nc(CCCN)cc(=O)[nH]1. The molecule has 1 aromatic heterocycles. The van der Waals surface area contributed by atoms with Gasteiger partial charge >= 0.3 is 0 Å². The molecule has 0 saturated carbocycles. The van der Waals surface area contributed by atoms with Crippen molar-refractivity contribution in [3.8, 4) is 5.75 Å². The first kappa shape index (κ1) is 14.3. The van der Waals surface area contributed by atoms with E-state index in [-0.39, 0.29) is 12.2 Å². The van der Waals surface area contributed by atoms with Gasteiger partial charge in [-0.15, -0.1) is 0 Å². The molecule has 5 nitrogen and oxygen atoms in total. The van der Waals surface area contributed by atoms with Gasteiger partial charge in [-0.2, -0.15) is 0 Å². The zero-order valence-corrected chi connectivity index (χ0v) is 11.6. The van der Waals surface area contributed by atoms with Crippen molar-refractivity contribution < 1.29 is 4.74 Å². The van der Waals surface area contributed by atoms with Crippen LogP contribution in [0.25, 0.3) is 0 Å². The fourth-order valence-electron chi connectivity index (χ4n) is 1.91. The average Bonchev–Trinajstić information content (AvgIpc) is 2.44. The molecule has 20 heavy (non-hydrogen) atoms. The predicted octanol–water partition coefficient (Wildman–Crippen LogP) is 1.55. The van der Waals surface area contributed by atoms with E-state index in [4.69, 9.17) is 10.5 Å². The lowest BCUT2D eigenvalue weighted by atomic mass is 10.2. The number of hydrogen-bond donors (Lipinski definition) is 2. The molecule has 0 amide bonds. The maximum Gasteiger partial charge on any atom is 0.251 e. The summed E-state index contributed by atoms with van der Waals surface area (Å²) in [6.45, 7) is 2.81. The molecule has 5 heteroatoms. The van der Waals surface area contributed by atoms with Gasteiger partial charge in [0.1, 0.15) is 18.2 Å². The van der Waals surface area contributed by atoms with Gasteiger partial charge in [0.15, 0.2) is 0 Å². The lowest BCUT2D eigenvalue weighted by Gasteiger charge is -2.09. The van der Waals surface area contributed by atoms with Crippen molar-refractivity contribution in [3.63, 3.8) is 0 Å². The van der Waals surface area contributed by atoms with Gasteiger partial charge < -0.3 is 15.5 Å². The number of hydrogen-bond acceptors (Lipinski definition) is 4. The molecule has 3 N–H and O–H groups in total. The standard InChI is InChI=1S/C15H19N3O2/c1-11-5-2-3-7-13(11)20-10-14-17-12(6-4-8-16)9-15(19)18-14/h2-3,5,7,9H,4,6,8,10,16H2,1H3,(H,17,18,19). The van der Waals surface area contributed by atoms with Crippen molar-refractivity contribution in [2.24, 2.45) is 5.73 Å². The number of para-hydroxylation sites is 1. The second-order valence-corrected chi connectivity index (χ2v) is 4.63. The van der Waals surface area contributed by atoms with Gasteiger partial charge in [-0.3, -0.25) is 4.79 Å². The molecule has 0 aliphatic heterocycles. The highest BCUT2D eigenvalue weighted by Crippen LogP contribution is 2.16. The Morgan fingerprint density at radius 1 is 1.35 bits per heavy atom. The number of nitrogens with zero attached hydrogens (tertiary/aromatic N) is 1. The van der Waals surface area contributed by atoms with Crippen molar-refractivity contribution >= 4 is 0 Å². The minimum absolute atomic E-state index is 0.157. The van der Waals surface area contributed by atoms with Crippen LogP contribution in [0.3, 0.4) is 0 Å². The first-order chi connectivity index (χ1) is 9.69. The van der Waals surface area contributed by atoms with E-state index in [1.165, 1.54) is 6.07 Å². The molecule has 1 aromatic carbocycles. The van der Waals surface area contributed by atoms with Gasteiger partial charge in [0.25, 0.3) is 5.56 Å². The monoisotopic (exact) mass is 273 g/mol. The maximum atomic E-state index is 11.6. The summed E-state index contributed by atoms with van der Waals surface area (Å²) >= 11 is 0. The van der Waals surface area contributed by atoms with Crippen LogP contribution in [0.2, 0.25) is 0 Å². The van der Waals surface area contributed by atoms with Crippen LogP contribution in [-0.2, 0) is 13.0 Å². The molecule has 2 aromatic rings. The number of ether oxygens (including phenoxy) is 1. The Bertz CT molecular complexity index is 623. The zero-order valence-electron chi connectivity index (χ0n) is 11.6. The number of nitrogens with one attached hydrogen (secondary N) is 1. The number of aromatic nitrogens is 2. The van der Waals surface area contributed by atoms with Crippen LogP contribution in [0.15, 0.2) is 35.1 Å². The van der Waals surface area contributed by atoms with Crippen molar-refractivity contribution in [2.45, 2.75) is 26.4 Å². The lowest BCUT2D eigenvalue weighted by Crippen LogP contribution is -2.15. The van der Waals surface area contributed by atoms with Crippen molar-refractivity contribution in [3.05, 3.63) is 57.8 Å². The van der Waals surface area contributed by atoms with Gasteiger partial charge in [-0.25, -0.2) is 4.98 Å². The Hall–Kier alpha value is -2.14. The van der Waals surface area contributed by atoms with Crippen LogP contribution in [-0.4, -0.2) is 16.5 Å². The maximum absolute atomic E-state index is 11.6. The molecule has 0 radical (unpaired) electrons. The van der Waals surface area contributed by atoms with E-state index in [2.05, 4.69) is 9.97 Å². The van der Waals surface area contributed by atoms with Crippen LogP contribution in [0, 0.1) is 6.92 Å². The molecule has 2 rings (SSSR count). The summed E-state index contributed by atoms with van der Waals surface area (Å²) in [6.07, 6.45) is 1.52. The van der Waals surface area contributed by atoms with Crippen LogP contribution in [0.5, 0.6) is 5.75 Å². The Balaban J connectivity index is 2.07. The molecule has 0 aliphatic rings. The molecule has 0 bridgehead atoms. The number of H-pyrrole nitrogens is 1. The highest BCUT2D eigenvalue weighted by Gasteiger charge is 2.04. The zero-order chi connectivity index (χ0) is 14.4. The predicted molar refractivity (Wildman–Crippen MR) is 77.7 cm³/mol. The molecule has 106 valence electrons. The largest absolute Gasteiger partial charge is 0.485 e. The van der Waals surface area contributed by atoms with Crippen LogP contribution < -0.4 is 16.0 Å². The van der Waals surface area contributed by atoms with E-state index < -0.39 is 0 Å². The summed E-state index contributed by atoms with van der Waals surface area (Å²) in [5.74, 6) is 1.33. The third-order valence-corrected chi connectivity index (χ3v) is 2.94. The summed E-state index contributed by atoms with van der Waals surface area (Å²) in [5, 5.41) is 0. The van der Waals surface area contributed by atoms with E-state index in [9.17, 15) is 4.79 Å². The molecule has 0 fully saturated rings.